The van der Waals surface area contributed by atoms with Gasteiger partial charge >= 0.3 is 6.09 Å². The molecule has 2 amide bonds. The minimum absolute atomic E-state index is 0.00979. The highest BCUT2D eigenvalue weighted by atomic mass is 16.6. The Labute approximate surface area is 99.3 Å². The van der Waals surface area contributed by atoms with Gasteiger partial charge in [0.15, 0.2) is 0 Å². The fraction of sp³-hybridized carbons (Fsp3) is 0.333. The molecule has 1 saturated heterocycles. The first-order chi connectivity index (χ1) is 8.16. The van der Waals surface area contributed by atoms with E-state index in [1.54, 1.807) is 0 Å². The van der Waals surface area contributed by atoms with Crippen LogP contribution in [0.5, 0.6) is 0 Å². The standard InChI is InChI=1S/C12H14N2O3/c1-9-7-14(11(9)15)13-12(16)17-8-10-5-3-2-4-6-10/h2-6,9H,7-8H2,1H3,(H,13,16). The third-order valence-electron chi connectivity index (χ3n) is 2.58. The van der Waals surface area contributed by atoms with Crippen LogP contribution in [0.2, 0.25) is 0 Å². The maximum atomic E-state index is 11.3. The minimum Gasteiger partial charge on any atom is -0.443 e. The Bertz CT molecular complexity index is 419. The van der Waals surface area contributed by atoms with Crippen LogP contribution in [-0.4, -0.2) is 23.6 Å². The number of nitrogens with zero attached hydrogens (tertiary/aromatic N) is 1. The van der Waals surface area contributed by atoms with Gasteiger partial charge in [0, 0.05) is 0 Å². The monoisotopic (exact) mass is 234 g/mol. The summed E-state index contributed by atoms with van der Waals surface area (Å²) < 4.78 is 4.97. The Morgan fingerprint density at radius 2 is 2.18 bits per heavy atom. The highest BCUT2D eigenvalue weighted by Crippen LogP contribution is 2.13. The van der Waals surface area contributed by atoms with Gasteiger partial charge in [0.2, 0.25) is 5.91 Å². The number of hydrazine groups is 1. The molecule has 1 N–H and O–H groups in total. The summed E-state index contributed by atoms with van der Waals surface area (Å²) in [6.45, 7) is 2.55. The SMILES string of the molecule is CC1CN(NC(=O)OCc2ccccc2)C1=O. The second-order valence-electron chi connectivity index (χ2n) is 4.02. The topological polar surface area (TPSA) is 58.6 Å². The van der Waals surface area contributed by atoms with Gasteiger partial charge in [0.25, 0.3) is 0 Å². The fourth-order valence-electron chi connectivity index (χ4n) is 1.56. The van der Waals surface area contributed by atoms with Crippen molar-refractivity contribution in [3.05, 3.63) is 35.9 Å². The van der Waals surface area contributed by atoms with E-state index < -0.39 is 6.09 Å². The lowest BCUT2D eigenvalue weighted by Gasteiger charge is -2.35. The van der Waals surface area contributed by atoms with Crippen molar-refractivity contribution in [1.29, 1.82) is 0 Å². The van der Waals surface area contributed by atoms with Crippen LogP contribution in [-0.2, 0) is 16.1 Å². The van der Waals surface area contributed by atoms with E-state index in [0.29, 0.717) is 6.54 Å². The Balaban J connectivity index is 1.73. The van der Waals surface area contributed by atoms with E-state index in [4.69, 9.17) is 4.74 Å². The molecular weight excluding hydrogens is 220 g/mol. The lowest BCUT2D eigenvalue weighted by Crippen LogP contribution is -2.59. The first kappa shape index (κ1) is 11.4. The van der Waals surface area contributed by atoms with Gasteiger partial charge in [-0.15, -0.1) is 0 Å². The summed E-state index contributed by atoms with van der Waals surface area (Å²) in [7, 11) is 0. The van der Waals surface area contributed by atoms with Crippen molar-refractivity contribution in [3.8, 4) is 0 Å². The Hall–Kier alpha value is -2.04. The Morgan fingerprint density at radius 1 is 1.47 bits per heavy atom. The van der Waals surface area contributed by atoms with Gasteiger partial charge in [-0.25, -0.2) is 10.2 Å². The van der Waals surface area contributed by atoms with Crippen LogP contribution >= 0.6 is 0 Å². The fourth-order valence-corrected chi connectivity index (χ4v) is 1.56. The van der Waals surface area contributed by atoms with Crippen molar-refractivity contribution < 1.29 is 14.3 Å². The van der Waals surface area contributed by atoms with Gasteiger partial charge in [-0.1, -0.05) is 37.3 Å². The van der Waals surface area contributed by atoms with Crippen molar-refractivity contribution in [2.24, 2.45) is 5.92 Å². The van der Waals surface area contributed by atoms with Crippen molar-refractivity contribution in [1.82, 2.24) is 10.4 Å². The summed E-state index contributed by atoms with van der Waals surface area (Å²) in [6.07, 6.45) is -0.603. The van der Waals surface area contributed by atoms with Gasteiger partial charge in [-0.05, 0) is 5.56 Å². The van der Waals surface area contributed by atoms with Crippen LogP contribution in [0.3, 0.4) is 0 Å². The molecule has 0 spiro atoms. The summed E-state index contributed by atoms with van der Waals surface area (Å²) in [5.41, 5.74) is 3.30. The van der Waals surface area contributed by atoms with E-state index in [9.17, 15) is 9.59 Å². The molecule has 5 nitrogen and oxygen atoms in total. The van der Waals surface area contributed by atoms with Gasteiger partial charge in [-0.3, -0.25) is 9.80 Å². The second kappa shape index (κ2) is 4.86. The molecule has 1 aliphatic heterocycles. The maximum Gasteiger partial charge on any atom is 0.426 e. The highest BCUT2D eigenvalue weighted by molar-refractivity contribution is 5.86. The van der Waals surface area contributed by atoms with Crippen LogP contribution in [0, 0.1) is 5.92 Å². The summed E-state index contributed by atoms with van der Waals surface area (Å²) >= 11 is 0. The van der Waals surface area contributed by atoms with E-state index in [1.807, 2.05) is 37.3 Å². The molecule has 1 aromatic carbocycles. The highest BCUT2D eigenvalue weighted by Gasteiger charge is 2.34. The van der Waals surface area contributed by atoms with Gasteiger partial charge in [0.05, 0.1) is 12.5 Å². The second-order valence-corrected chi connectivity index (χ2v) is 4.02. The molecule has 90 valence electrons. The predicted molar refractivity (Wildman–Crippen MR) is 60.6 cm³/mol. The van der Waals surface area contributed by atoms with Crippen LogP contribution in [0.25, 0.3) is 0 Å². The maximum absolute atomic E-state index is 11.3. The molecule has 17 heavy (non-hydrogen) atoms. The molecule has 2 rings (SSSR count). The molecular formula is C12H14N2O3. The van der Waals surface area contributed by atoms with Crippen molar-refractivity contribution in [3.63, 3.8) is 0 Å². The number of nitrogens with one attached hydrogen (secondary N) is 1. The lowest BCUT2D eigenvalue weighted by molar-refractivity contribution is -0.150. The molecule has 1 aromatic rings. The summed E-state index contributed by atoms with van der Waals surface area (Å²) in [6, 6.07) is 9.37. The van der Waals surface area contributed by atoms with E-state index in [2.05, 4.69) is 5.43 Å². The number of ether oxygens (including phenoxy) is 1. The molecule has 1 aliphatic rings. The van der Waals surface area contributed by atoms with Crippen LogP contribution in [0.4, 0.5) is 4.79 Å². The normalized spacial score (nSPS) is 18.5. The van der Waals surface area contributed by atoms with E-state index >= 15 is 0 Å². The first-order valence-electron chi connectivity index (χ1n) is 5.45. The zero-order valence-electron chi connectivity index (χ0n) is 9.55. The van der Waals surface area contributed by atoms with Crippen LogP contribution < -0.4 is 5.43 Å². The number of amides is 2. The van der Waals surface area contributed by atoms with E-state index in [1.165, 1.54) is 5.01 Å². The zero-order valence-corrected chi connectivity index (χ0v) is 9.55. The number of hydrogen-bond acceptors (Lipinski definition) is 3. The summed E-state index contributed by atoms with van der Waals surface area (Å²) in [5, 5.41) is 1.26. The van der Waals surface area contributed by atoms with Crippen molar-refractivity contribution >= 4 is 12.0 Å². The van der Waals surface area contributed by atoms with Gasteiger partial charge in [-0.2, -0.15) is 0 Å². The van der Waals surface area contributed by atoms with Crippen LogP contribution in [0.15, 0.2) is 30.3 Å². The van der Waals surface area contributed by atoms with E-state index in [-0.39, 0.29) is 18.4 Å². The number of benzene rings is 1. The molecule has 0 aromatic heterocycles. The molecule has 1 unspecified atom stereocenters. The molecule has 5 heteroatoms. The molecule has 0 radical (unpaired) electrons. The van der Waals surface area contributed by atoms with Gasteiger partial charge in [0.1, 0.15) is 6.61 Å². The predicted octanol–water partition coefficient (Wildman–Crippen LogP) is 1.31. The lowest BCUT2D eigenvalue weighted by atomic mass is 10.0. The number of carbonyl (C=O) groups is 2. The smallest absolute Gasteiger partial charge is 0.426 e. The third-order valence-corrected chi connectivity index (χ3v) is 2.58. The van der Waals surface area contributed by atoms with Crippen LogP contribution in [0.1, 0.15) is 12.5 Å². The largest absolute Gasteiger partial charge is 0.443 e. The zero-order chi connectivity index (χ0) is 12.3. The Kier molecular flexibility index (Phi) is 3.27. The van der Waals surface area contributed by atoms with Crippen molar-refractivity contribution in [2.45, 2.75) is 13.5 Å². The first-order valence-corrected chi connectivity index (χ1v) is 5.45. The summed E-state index contributed by atoms with van der Waals surface area (Å²) in [4.78, 5) is 22.6. The molecule has 0 bridgehead atoms. The average molecular weight is 234 g/mol. The molecule has 1 heterocycles. The van der Waals surface area contributed by atoms with Gasteiger partial charge < -0.3 is 4.74 Å². The third kappa shape index (κ3) is 2.75. The number of hydrogen-bond donors (Lipinski definition) is 1. The average Bonchev–Trinajstić information content (AvgIpc) is 2.37. The molecule has 1 fully saturated rings. The van der Waals surface area contributed by atoms with E-state index in [0.717, 1.165) is 5.56 Å². The Morgan fingerprint density at radius 3 is 2.76 bits per heavy atom. The number of β-lactam (4-membered cyclic amide) rings is 1. The summed E-state index contributed by atoms with van der Waals surface area (Å²) in [5.74, 6) is -0.0916. The molecule has 0 aliphatic carbocycles. The van der Waals surface area contributed by atoms with Crippen molar-refractivity contribution in [2.75, 3.05) is 6.54 Å². The molecule has 0 saturated carbocycles. The quantitative estimate of drug-likeness (QED) is 0.802. The number of rotatable bonds is 3. The molecule has 1 atom stereocenters. The minimum atomic E-state index is -0.603. The number of carbonyl (C=O) groups excluding carboxylic acids is 2.